The zero-order valence-electron chi connectivity index (χ0n) is 13.0. The Hall–Kier alpha value is -1.05. The van der Waals surface area contributed by atoms with Crippen LogP contribution in [0.1, 0.15) is 25.1 Å². The van der Waals surface area contributed by atoms with E-state index in [0.717, 1.165) is 16.9 Å². The number of aliphatic hydroxyl groups is 1. The fourth-order valence-electron chi connectivity index (χ4n) is 2.53. The van der Waals surface area contributed by atoms with E-state index in [1.807, 2.05) is 35.9 Å². The third-order valence-electron chi connectivity index (χ3n) is 3.98. The van der Waals surface area contributed by atoms with Crippen LogP contribution in [0.3, 0.4) is 0 Å². The zero-order valence-corrected chi connectivity index (χ0v) is 14.8. The number of aryl methyl sites for hydroxylation is 2. The first-order chi connectivity index (χ1) is 11.0. The van der Waals surface area contributed by atoms with E-state index in [0.29, 0.717) is 12.8 Å². The number of fused-ring (bicyclic) bond motifs is 1. The summed E-state index contributed by atoms with van der Waals surface area (Å²) in [6.45, 7) is 0. The number of nitrogens with zero attached hydrogens (tertiary/aromatic N) is 2. The molecule has 0 atom stereocenters. The maximum Gasteiger partial charge on any atom is 0.369 e. The SMILES string of the molecule is Cn1c(CCCCC(O)(P(=O)(O)O)P(=O)(O)O)nc2ccccc21. The van der Waals surface area contributed by atoms with Gasteiger partial charge in [0.25, 0.3) is 5.08 Å². The molecular weight excluding hydrogens is 358 g/mol. The Labute approximate surface area is 138 Å². The predicted molar refractivity (Wildman–Crippen MR) is 87.3 cm³/mol. The van der Waals surface area contributed by atoms with E-state index in [4.69, 9.17) is 19.6 Å². The number of benzene rings is 1. The lowest BCUT2D eigenvalue weighted by atomic mass is 10.2. The van der Waals surface area contributed by atoms with E-state index in [2.05, 4.69) is 4.98 Å². The molecule has 1 heterocycles. The quantitative estimate of drug-likeness (QED) is 0.357. The van der Waals surface area contributed by atoms with E-state index in [1.54, 1.807) is 0 Å². The van der Waals surface area contributed by atoms with Crippen molar-refractivity contribution in [1.82, 2.24) is 9.55 Å². The molecule has 0 aliphatic rings. The molecule has 134 valence electrons. The highest BCUT2D eigenvalue weighted by atomic mass is 31.2. The molecule has 0 fully saturated rings. The second-order valence-corrected chi connectivity index (χ2v) is 9.65. The van der Waals surface area contributed by atoms with E-state index in [-0.39, 0.29) is 6.42 Å². The van der Waals surface area contributed by atoms with Crippen molar-refractivity contribution in [1.29, 1.82) is 0 Å². The van der Waals surface area contributed by atoms with Crippen LogP contribution in [0.2, 0.25) is 0 Å². The van der Waals surface area contributed by atoms with Crippen molar-refractivity contribution in [3.8, 4) is 0 Å². The molecule has 1 aromatic carbocycles. The molecule has 0 saturated heterocycles. The second-order valence-electron chi connectivity index (χ2n) is 5.65. The second kappa shape index (κ2) is 6.69. The van der Waals surface area contributed by atoms with Crippen molar-refractivity contribution in [2.75, 3.05) is 0 Å². The molecule has 2 aromatic rings. The average Bonchev–Trinajstić information content (AvgIpc) is 2.78. The van der Waals surface area contributed by atoms with E-state index in [9.17, 15) is 14.2 Å². The Morgan fingerprint density at radius 1 is 1.08 bits per heavy atom. The van der Waals surface area contributed by atoms with Gasteiger partial charge in [0.15, 0.2) is 0 Å². The van der Waals surface area contributed by atoms with Crippen molar-refractivity contribution in [2.45, 2.75) is 30.8 Å². The minimum Gasteiger partial charge on any atom is -0.368 e. The van der Waals surface area contributed by atoms with Crippen LogP contribution < -0.4 is 0 Å². The minimum atomic E-state index is -5.38. The van der Waals surface area contributed by atoms with Crippen LogP contribution in [0.4, 0.5) is 0 Å². The van der Waals surface area contributed by atoms with Crippen LogP contribution in [-0.2, 0) is 22.6 Å². The van der Waals surface area contributed by atoms with Crippen LogP contribution in [0.25, 0.3) is 11.0 Å². The Bertz CT molecular complexity index is 801. The first-order valence-corrected chi connectivity index (χ1v) is 10.4. The number of hydrogen-bond donors (Lipinski definition) is 5. The third-order valence-corrected chi connectivity index (χ3v) is 7.85. The molecule has 0 saturated carbocycles. The Morgan fingerprint density at radius 2 is 1.67 bits per heavy atom. The van der Waals surface area contributed by atoms with Crippen LogP contribution in [0.15, 0.2) is 24.3 Å². The molecule has 0 unspecified atom stereocenters. The van der Waals surface area contributed by atoms with Crippen LogP contribution >= 0.6 is 15.2 Å². The minimum absolute atomic E-state index is 0.0237. The Kier molecular flexibility index (Phi) is 5.37. The molecule has 1 aromatic heterocycles. The summed E-state index contributed by atoms with van der Waals surface area (Å²) in [5.41, 5.74) is 1.76. The van der Waals surface area contributed by atoms with E-state index >= 15 is 0 Å². The number of imidazole rings is 1. The maximum atomic E-state index is 11.3. The molecule has 0 amide bonds. The standard InChI is InChI=1S/C13H20N2O7P2/c1-15-11-7-3-2-6-10(11)14-12(15)8-4-5-9-13(16,23(17,18)19)24(20,21)22/h2-3,6-7,16H,4-5,8-9H2,1H3,(H2,17,18,19)(H2,20,21,22). The van der Waals surface area contributed by atoms with Crippen LogP contribution in [0, 0.1) is 0 Å². The number of para-hydroxylation sites is 2. The van der Waals surface area contributed by atoms with Gasteiger partial charge in [-0.15, -0.1) is 0 Å². The summed E-state index contributed by atoms with van der Waals surface area (Å²) in [4.78, 5) is 40.8. The normalized spacial score (nSPS) is 13.6. The molecule has 0 aliphatic carbocycles. The van der Waals surface area contributed by atoms with Crippen LogP contribution in [0.5, 0.6) is 0 Å². The van der Waals surface area contributed by atoms with Gasteiger partial charge in [0.1, 0.15) is 5.82 Å². The molecule has 9 nitrogen and oxygen atoms in total. The molecule has 24 heavy (non-hydrogen) atoms. The Morgan fingerprint density at radius 3 is 2.21 bits per heavy atom. The summed E-state index contributed by atoms with van der Waals surface area (Å²) < 4.78 is 24.4. The van der Waals surface area contributed by atoms with Crippen molar-refractivity contribution < 1.29 is 33.8 Å². The number of unbranched alkanes of at least 4 members (excludes halogenated alkanes) is 1. The average molecular weight is 378 g/mol. The maximum absolute atomic E-state index is 11.3. The van der Waals surface area contributed by atoms with Crippen molar-refractivity contribution >= 4 is 26.2 Å². The lowest BCUT2D eigenvalue weighted by Gasteiger charge is -2.29. The smallest absolute Gasteiger partial charge is 0.368 e. The lowest BCUT2D eigenvalue weighted by molar-refractivity contribution is 0.120. The van der Waals surface area contributed by atoms with Gasteiger partial charge in [-0.2, -0.15) is 0 Å². The molecular formula is C13H20N2O7P2. The van der Waals surface area contributed by atoms with Gasteiger partial charge in [-0.05, 0) is 31.4 Å². The highest BCUT2D eigenvalue weighted by molar-refractivity contribution is 7.72. The van der Waals surface area contributed by atoms with Gasteiger partial charge in [-0.1, -0.05) is 12.1 Å². The summed E-state index contributed by atoms with van der Waals surface area (Å²) in [5.74, 6) is 0.743. The fourth-order valence-corrected chi connectivity index (χ4v) is 4.78. The topological polar surface area (TPSA) is 153 Å². The summed E-state index contributed by atoms with van der Waals surface area (Å²) in [6, 6.07) is 7.51. The first-order valence-electron chi connectivity index (χ1n) is 7.21. The van der Waals surface area contributed by atoms with Crippen molar-refractivity contribution in [3.63, 3.8) is 0 Å². The molecule has 0 radical (unpaired) electrons. The molecule has 2 rings (SSSR count). The van der Waals surface area contributed by atoms with Crippen molar-refractivity contribution in [3.05, 3.63) is 30.1 Å². The van der Waals surface area contributed by atoms with Gasteiger partial charge in [-0.25, -0.2) is 4.98 Å². The molecule has 0 spiro atoms. The third kappa shape index (κ3) is 3.63. The fraction of sp³-hybridized carbons (Fsp3) is 0.462. The van der Waals surface area contributed by atoms with E-state index < -0.39 is 26.7 Å². The van der Waals surface area contributed by atoms with Gasteiger partial charge in [0.05, 0.1) is 11.0 Å². The number of hydrogen-bond acceptors (Lipinski definition) is 4. The monoisotopic (exact) mass is 378 g/mol. The van der Waals surface area contributed by atoms with Crippen molar-refractivity contribution in [2.24, 2.45) is 7.05 Å². The van der Waals surface area contributed by atoms with Gasteiger partial charge in [0.2, 0.25) is 0 Å². The lowest BCUT2D eigenvalue weighted by Crippen LogP contribution is -2.28. The number of aromatic nitrogens is 2. The predicted octanol–water partition coefficient (Wildman–Crippen LogP) is 1.29. The summed E-state index contributed by atoms with van der Waals surface area (Å²) in [6.07, 6.45) is 0.129. The summed E-state index contributed by atoms with van der Waals surface area (Å²) in [5, 5.41) is 6.46. The first kappa shape index (κ1) is 19.3. The highest BCUT2D eigenvalue weighted by Crippen LogP contribution is 2.69. The van der Waals surface area contributed by atoms with Gasteiger partial charge < -0.3 is 29.2 Å². The largest absolute Gasteiger partial charge is 0.369 e. The van der Waals surface area contributed by atoms with Crippen LogP contribution in [-0.4, -0.2) is 39.3 Å². The van der Waals surface area contributed by atoms with Gasteiger partial charge in [0, 0.05) is 13.5 Å². The van der Waals surface area contributed by atoms with E-state index in [1.165, 1.54) is 0 Å². The van der Waals surface area contributed by atoms with Gasteiger partial charge in [-0.3, -0.25) is 9.13 Å². The molecule has 5 N–H and O–H groups in total. The zero-order chi connectivity index (χ0) is 18.2. The highest BCUT2D eigenvalue weighted by Gasteiger charge is 2.58. The number of rotatable bonds is 7. The Balaban J connectivity index is 2.04. The van der Waals surface area contributed by atoms with Gasteiger partial charge >= 0.3 is 15.2 Å². The molecule has 0 bridgehead atoms. The molecule has 0 aliphatic heterocycles. The summed E-state index contributed by atoms with van der Waals surface area (Å²) in [7, 11) is -8.93. The molecule has 11 heteroatoms. The summed E-state index contributed by atoms with van der Waals surface area (Å²) >= 11 is 0.